The summed E-state index contributed by atoms with van der Waals surface area (Å²) in [6, 6.07) is 7.92. The summed E-state index contributed by atoms with van der Waals surface area (Å²) in [5.41, 5.74) is 9.17. The van der Waals surface area contributed by atoms with Gasteiger partial charge in [-0.3, -0.25) is 5.10 Å². The van der Waals surface area contributed by atoms with Gasteiger partial charge in [-0.2, -0.15) is 5.10 Å². The number of nitrogens with one attached hydrogen (secondary N) is 1. The summed E-state index contributed by atoms with van der Waals surface area (Å²) < 4.78 is 5.41. The summed E-state index contributed by atoms with van der Waals surface area (Å²) in [4.78, 5) is 0. The normalized spacial score (nSPS) is 21.9. The number of para-hydroxylation sites is 1. The minimum absolute atomic E-state index is 0.550. The Kier molecular flexibility index (Phi) is 2.51. The average molecular weight is 243 g/mol. The molecule has 3 N–H and O–H groups in total. The fourth-order valence-electron chi connectivity index (χ4n) is 2.50. The number of nitrogen functional groups attached to an aromatic ring is 1. The maximum atomic E-state index is 6.01. The standard InChI is InChI=1S/C14H17N3O/c1-8-7-10(8)13-12(14(15)17-16-13)9-5-3-4-6-11(9)18-2/h3-6,8,10H,7H2,1-2H3,(H3,15,16,17). The first-order chi connectivity index (χ1) is 8.72. The molecule has 1 heterocycles. The molecule has 0 saturated heterocycles. The van der Waals surface area contributed by atoms with E-state index in [1.807, 2.05) is 24.3 Å². The maximum absolute atomic E-state index is 6.01. The van der Waals surface area contributed by atoms with Crippen molar-refractivity contribution < 1.29 is 4.74 Å². The third-order valence-corrected chi connectivity index (χ3v) is 3.68. The van der Waals surface area contributed by atoms with E-state index in [0.717, 1.165) is 22.6 Å². The van der Waals surface area contributed by atoms with Crippen LogP contribution in [0.5, 0.6) is 5.75 Å². The van der Waals surface area contributed by atoms with Crippen LogP contribution in [-0.4, -0.2) is 17.3 Å². The third kappa shape index (κ3) is 1.65. The van der Waals surface area contributed by atoms with Gasteiger partial charge in [-0.1, -0.05) is 25.1 Å². The number of anilines is 1. The molecule has 0 amide bonds. The molecule has 1 aromatic heterocycles. The van der Waals surface area contributed by atoms with Gasteiger partial charge in [-0.05, 0) is 18.4 Å². The van der Waals surface area contributed by atoms with Crippen molar-refractivity contribution in [3.05, 3.63) is 30.0 Å². The van der Waals surface area contributed by atoms with Crippen molar-refractivity contribution in [2.45, 2.75) is 19.3 Å². The zero-order chi connectivity index (χ0) is 12.7. The zero-order valence-electron chi connectivity index (χ0n) is 10.6. The van der Waals surface area contributed by atoms with Crippen LogP contribution >= 0.6 is 0 Å². The number of H-pyrrole nitrogens is 1. The number of aromatic nitrogens is 2. The van der Waals surface area contributed by atoms with Crippen LogP contribution in [0, 0.1) is 5.92 Å². The number of aromatic amines is 1. The van der Waals surface area contributed by atoms with E-state index in [2.05, 4.69) is 17.1 Å². The molecule has 0 radical (unpaired) electrons. The molecule has 1 saturated carbocycles. The summed E-state index contributed by atoms with van der Waals surface area (Å²) in [7, 11) is 1.68. The Labute approximate surface area is 106 Å². The van der Waals surface area contributed by atoms with Crippen molar-refractivity contribution in [3.63, 3.8) is 0 Å². The zero-order valence-corrected chi connectivity index (χ0v) is 10.6. The predicted octanol–water partition coefficient (Wildman–Crippen LogP) is 2.79. The Balaban J connectivity index is 2.13. The first-order valence-corrected chi connectivity index (χ1v) is 6.19. The van der Waals surface area contributed by atoms with Crippen LogP contribution in [0.3, 0.4) is 0 Å². The number of rotatable bonds is 3. The Morgan fingerprint density at radius 2 is 2.11 bits per heavy atom. The number of methoxy groups -OCH3 is 1. The highest BCUT2D eigenvalue weighted by atomic mass is 16.5. The van der Waals surface area contributed by atoms with Gasteiger partial charge in [-0.15, -0.1) is 0 Å². The molecule has 3 rings (SSSR count). The molecule has 0 spiro atoms. The number of hydrogen-bond donors (Lipinski definition) is 2. The lowest BCUT2D eigenvalue weighted by Crippen LogP contribution is -1.93. The maximum Gasteiger partial charge on any atom is 0.153 e. The lowest BCUT2D eigenvalue weighted by molar-refractivity contribution is 0.416. The van der Waals surface area contributed by atoms with Crippen LogP contribution in [0.25, 0.3) is 11.1 Å². The van der Waals surface area contributed by atoms with E-state index in [1.54, 1.807) is 7.11 Å². The number of ether oxygens (including phenoxy) is 1. The second-order valence-corrected chi connectivity index (χ2v) is 4.92. The van der Waals surface area contributed by atoms with Gasteiger partial charge in [0.1, 0.15) is 5.75 Å². The highest BCUT2D eigenvalue weighted by molar-refractivity contribution is 5.81. The van der Waals surface area contributed by atoms with Crippen molar-refractivity contribution in [1.29, 1.82) is 0 Å². The second-order valence-electron chi connectivity index (χ2n) is 4.92. The first-order valence-electron chi connectivity index (χ1n) is 6.19. The predicted molar refractivity (Wildman–Crippen MR) is 71.5 cm³/mol. The topological polar surface area (TPSA) is 63.9 Å². The molecule has 1 aromatic carbocycles. The Morgan fingerprint density at radius 3 is 2.78 bits per heavy atom. The van der Waals surface area contributed by atoms with E-state index < -0.39 is 0 Å². The SMILES string of the molecule is COc1ccccc1-c1c(N)n[nH]c1C1CC1C. The van der Waals surface area contributed by atoms with E-state index in [1.165, 1.54) is 6.42 Å². The Morgan fingerprint density at radius 1 is 1.39 bits per heavy atom. The van der Waals surface area contributed by atoms with Crippen LogP contribution in [0.2, 0.25) is 0 Å². The second kappa shape index (κ2) is 4.05. The summed E-state index contributed by atoms with van der Waals surface area (Å²) in [5.74, 6) is 2.64. The largest absolute Gasteiger partial charge is 0.496 e. The number of hydrogen-bond acceptors (Lipinski definition) is 3. The molecular weight excluding hydrogens is 226 g/mol. The van der Waals surface area contributed by atoms with Gasteiger partial charge in [0.15, 0.2) is 5.82 Å². The van der Waals surface area contributed by atoms with Crippen molar-refractivity contribution in [1.82, 2.24) is 10.2 Å². The van der Waals surface area contributed by atoms with Gasteiger partial charge in [0.05, 0.1) is 12.7 Å². The molecule has 2 unspecified atom stereocenters. The average Bonchev–Trinajstić information content (AvgIpc) is 2.98. The van der Waals surface area contributed by atoms with Gasteiger partial charge >= 0.3 is 0 Å². The van der Waals surface area contributed by atoms with Gasteiger partial charge in [-0.25, -0.2) is 0 Å². The monoisotopic (exact) mass is 243 g/mol. The number of benzene rings is 1. The van der Waals surface area contributed by atoms with Gasteiger partial charge in [0, 0.05) is 17.2 Å². The van der Waals surface area contributed by atoms with E-state index in [0.29, 0.717) is 17.7 Å². The highest BCUT2D eigenvalue weighted by Crippen LogP contribution is 2.51. The lowest BCUT2D eigenvalue weighted by atomic mass is 10.0. The van der Waals surface area contributed by atoms with Gasteiger partial charge in [0.2, 0.25) is 0 Å². The minimum Gasteiger partial charge on any atom is -0.496 e. The van der Waals surface area contributed by atoms with E-state index in [-0.39, 0.29) is 0 Å². The molecule has 2 atom stereocenters. The van der Waals surface area contributed by atoms with Crippen LogP contribution in [-0.2, 0) is 0 Å². The smallest absolute Gasteiger partial charge is 0.153 e. The van der Waals surface area contributed by atoms with Crippen LogP contribution in [0.1, 0.15) is 25.0 Å². The third-order valence-electron chi connectivity index (χ3n) is 3.68. The number of nitrogens with two attached hydrogens (primary N) is 1. The van der Waals surface area contributed by atoms with E-state index in [9.17, 15) is 0 Å². The van der Waals surface area contributed by atoms with Crippen molar-refractivity contribution >= 4 is 5.82 Å². The fraction of sp³-hybridized carbons (Fsp3) is 0.357. The molecular formula is C14H17N3O. The van der Waals surface area contributed by atoms with Crippen molar-refractivity contribution in [2.24, 2.45) is 5.92 Å². The summed E-state index contributed by atoms with van der Waals surface area (Å²) in [6.07, 6.45) is 1.20. The molecule has 1 aliphatic carbocycles. The number of nitrogens with zero attached hydrogens (tertiary/aromatic N) is 1. The van der Waals surface area contributed by atoms with Crippen molar-refractivity contribution in [3.8, 4) is 16.9 Å². The van der Waals surface area contributed by atoms with Gasteiger partial charge < -0.3 is 10.5 Å². The highest BCUT2D eigenvalue weighted by Gasteiger charge is 2.38. The molecule has 1 aliphatic rings. The summed E-state index contributed by atoms with van der Waals surface area (Å²) in [5, 5.41) is 7.25. The lowest BCUT2D eigenvalue weighted by Gasteiger charge is -2.09. The summed E-state index contributed by atoms with van der Waals surface area (Å²) in [6.45, 7) is 2.24. The van der Waals surface area contributed by atoms with E-state index >= 15 is 0 Å². The molecule has 0 aliphatic heterocycles. The fourth-order valence-corrected chi connectivity index (χ4v) is 2.50. The first kappa shape index (κ1) is 11.1. The van der Waals surface area contributed by atoms with Crippen LogP contribution < -0.4 is 10.5 Å². The molecule has 94 valence electrons. The van der Waals surface area contributed by atoms with E-state index in [4.69, 9.17) is 10.5 Å². The minimum atomic E-state index is 0.550. The quantitative estimate of drug-likeness (QED) is 0.871. The summed E-state index contributed by atoms with van der Waals surface area (Å²) >= 11 is 0. The van der Waals surface area contributed by atoms with Gasteiger partial charge in [0.25, 0.3) is 0 Å². The molecule has 2 aromatic rings. The van der Waals surface area contributed by atoms with Crippen molar-refractivity contribution in [2.75, 3.05) is 12.8 Å². The van der Waals surface area contributed by atoms with Crippen LogP contribution in [0.15, 0.2) is 24.3 Å². The molecule has 4 nitrogen and oxygen atoms in total. The Bertz CT molecular complexity index is 576. The molecule has 0 bridgehead atoms. The molecule has 1 fully saturated rings. The Hall–Kier alpha value is -1.97. The molecule has 4 heteroatoms. The molecule has 18 heavy (non-hydrogen) atoms. The van der Waals surface area contributed by atoms with Crippen LogP contribution in [0.4, 0.5) is 5.82 Å².